The molecule has 0 saturated carbocycles. The van der Waals surface area contributed by atoms with E-state index in [1.54, 1.807) is 0 Å². The number of Topliss-reactive ketones (excluding diaryl/α,β-unsaturated/α-hetero) is 1. The van der Waals surface area contributed by atoms with Crippen LogP contribution in [0.25, 0.3) is 10.9 Å². The first-order valence-corrected chi connectivity index (χ1v) is 11.9. The van der Waals surface area contributed by atoms with Crippen molar-refractivity contribution in [2.45, 2.75) is 24.1 Å². The molecule has 6 nitrogen and oxygen atoms in total. The Morgan fingerprint density at radius 1 is 1.06 bits per heavy atom. The number of nitrogens with zero attached hydrogens (tertiary/aromatic N) is 2. The van der Waals surface area contributed by atoms with Crippen molar-refractivity contribution < 1.29 is 39.9 Å². The Morgan fingerprint density at radius 3 is 2.47 bits per heavy atom. The maximum Gasteiger partial charge on any atom is 0.417 e. The molecule has 1 heterocycles. The zero-order chi connectivity index (χ0) is 26.3. The average molecular weight is 545 g/mol. The molecule has 0 saturated heterocycles. The minimum atomic E-state index is -4.81. The number of hydrogen-bond donors (Lipinski definition) is 0. The number of aromatic nitrogens is 2. The van der Waals surface area contributed by atoms with Crippen LogP contribution in [0.2, 0.25) is 5.02 Å². The third kappa shape index (κ3) is 5.05. The second-order valence-corrected chi connectivity index (χ2v) is 9.67. The summed E-state index contributed by atoms with van der Waals surface area (Å²) in [7, 11) is -4.38. The molecule has 4 rings (SSSR count). The summed E-state index contributed by atoms with van der Waals surface area (Å²) in [5.74, 6) is -1.30. The van der Waals surface area contributed by atoms with Gasteiger partial charge in [0.15, 0.2) is 5.78 Å². The number of fused-ring (bicyclic) bond motifs is 1. The van der Waals surface area contributed by atoms with Crippen LogP contribution in [-0.2, 0) is 22.6 Å². The molecule has 3 aromatic carbocycles. The summed E-state index contributed by atoms with van der Waals surface area (Å²) in [4.78, 5) is 12.4. The largest absolute Gasteiger partial charge is 0.435 e. The van der Waals surface area contributed by atoms with E-state index < -0.39 is 51.0 Å². The van der Waals surface area contributed by atoms with Gasteiger partial charge in [-0.1, -0.05) is 35.9 Å². The van der Waals surface area contributed by atoms with Crippen molar-refractivity contribution in [2.24, 2.45) is 0 Å². The quantitative estimate of drug-likeness (QED) is 0.211. The Kier molecular flexibility index (Phi) is 6.76. The van der Waals surface area contributed by atoms with E-state index in [4.69, 9.17) is 11.6 Å². The maximum absolute atomic E-state index is 13.4. The molecule has 0 aliphatic rings. The second kappa shape index (κ2) is 9.51. The summed E-state index contributed by atoms with van der Waals surface area (Å²) >= 11 is 5.90. The Labute approximate surface area is 205 Å². The van der Waals surface area contributed by atoms with Gasteiger partial charge >= 0.3 is 12.8 Å². The Balaban J connectivity index is 1.72. The fourth-order valence-electron chi connectivity index (χ4n) is 3.57. The lowest BCUT2D eigenvalue weighted by atomic mass is 9.97. The number of benzene rings is 3. The van der Waals surface area contributed by atoms with Gasteiger partial charge in [-0.25, -0.2) is 0 Å². The standard InChI is InChI=1S/C23H14ClF5N2O4S/c24-18-6-2-5-17(23(27,28)29)21(18)20(32)10-13-7-8-14-12-30-31(19(14)9-13)36(33,34)16-4-1-3-15(11-16)35-22(25)26/h1-9,11-12,22H,10H2. The smallest absolute Gasteiger partial charge is 0.417 e. The number of carbonyl (C=O) groups excluding carboxylic acids is 1. The molecule has 0 atom stereocenters. The van der Waals surface area contributed by atoms with Crippen LogP contribution in [0.3, 0.4) is 0 Å². The lowest BCUT2D eigenvalue weighted by Crippen LogP contribution is -2.16. The Hall–Kier alpha value is -3.51. The van der Waals surface area contributed by atoms with Gasteiger partial charge in [0.25, 0.3) is 10.0 Å². The summed E-state index contributed by atoms with van der Waals surface area (Å²) in [5.41, 5.74) is -1.65. The first-order chi connectivity index (χ1) is 16.9. The van der Waals surface area contributed by atoms with E-state index in [0.29, 0.717) is 9.47 Å². The van der Waals surface area contributed by atoms with Crippen molar-refractivity contribution >= 4 is 38.3 Å². The van der Waals surface area contributed by atoms with Gasteiger partial charge in [-0.05, 0) is 35.9 Å². The highest BCUT2D eigenvalue weighted by atomic mass is 35.5. The summed E-state index contributed by atoms with van der Waals surface area (Å²) in [5, 5.41) is 3.84. The van der Waals surface area contributed by atoms with Gasteiger partial charge in [0.1, 0.15) is 5.75 Å². The van der Waals surface area contributed by atoms with Crippen LogP contribution in [0, 0.1) is 0 Å². The maximum atomic E-state index is 13.4. The molecule has 13 heteroatoms. The molecule has 0 spiro atoms. The molecule has 36 heavy (non-hydrogen) atoms. The molecular weight excluding hydrogens is 531 g/mol. The normalized spacial score (nSPS) is 12.3. The van der Waals surface area contributed by atoms with Gasteiger partial charge in [0.2, 0.25) is 0 Å². The topological polar surface area (TPSA) is 78.3 Å². The molecule has 0 aliphatic heterocycles. The number of halogens is 6. The van der Waals surface area contributed by atoms with Crippen molar-refractivity contribution in [3.63, 3.8) is 0 Å². The number of alkyl halides is 5. The summed E-state index contributed by atoms with van der Waals surface area (Å²) in [6.45, 7) is -3.16. The Morgan fingerprint density at radius 2 is 1.78 bits per heavy atom. The van der Waals surface area contributed by atoms with Crippen LogP contribution >= 0.6 is 11.6 Å². The number of hydrogen-bond acceptors (Lipinski definition) is 5. The van der Waals surface area contributed by atoms with Crippen molar-refractivity contribution in [3.8, 4) is 5.75 Å². The highest BCUT2D eigenvalue weighted by molar-refractivity contribution is 7.90. The lowest BCUT2D eigenvalue weighted by Gasteiger charge is -2.13. The van der Waals surface area contributed by atoms with Gasteiger partial charge in [-0.3, -0.25) is 4.79 Å². The van der Waals surface area contributed by atoms with E-state index in [2.05, 4.69) is 9.84 Å². The number of carbonyl (C=O) groups is 1. The van der Waals surface area contributed by atoms with Crippen LogP contribution < -0.4 is 4.74 Å². The summed E-state index contributed by atoms with van der Waals surface area (Å²) < 4.78 is 96.4. The van der Waals surface area contributed by atoms with E-state index in [1.807, 2.05) is 0 Å². The fraction of sp³-hybridized carbons (Fsp3) is 0.130. The molecule has 4 aromatic rings. The van der Waals surface area contributed by atoms with Gasteiger partial charge in [-0.2, -0.15) is 39.6 Å². The SMILES string of the molecule is O=C(Cc1ccc2cnn(S(=O)(=O)c3cccc(OC(F)F)c3)c2c1)c1c(Cl)cccc1C(F)(F)F. The van der Waals surface area contributed by atoms with E-state index in [0.717, 1.165) is 30.3 Å². The van der Waals surface area contributed by atoms with Crippen LogP contribution in [-0.4, -0.2) is 30.0 Å². The predicted molar refractivity (Wildman–Crippen MR) is 120 cm³/mol. The highest BCUT2D eigenvalue weighted by Crippen LogP contribution is 2.36. The van der Waals surface area contributed by atoms with E-state index >= 15 is 0 Å². The molecule has 188 valence electrons. The molecule has 0 bridgehead atoms. The predicted octanol–water partition coefficient (Wildman–Crippen LogP) is 5.97. The second-order valence-electron chi connectivity index (χ2n) is 7.50. The van der Waals surface area contributed by atoms with Crippen molar-refractivity contribution in [1.82, 2.24) is 9.19 Å². The van der Waals surface area contributed by atoms with E-state index in [9.17, 15) is 35.2 Å². The first kappa shape index (κ1) is 25.6. The molecule has 0 radical (unpaired) electrons. The van der Waals surface area contributed by atoms with Crippen molar-refractivity contribution in [3.05, 3.63) is 88.6 Å². The van der Waals surface area contributed by atoms with Crippen molar-refractivity contribution in [2.75, 3.05) is 0 Å². The molecular formula is C23H14ClF5N2O4S. The van der Waals surface area contributed by atoms with Crippen LogP contribution in [0.1, 0.15) is 21.5 Å². The summed E-state index contributed by atoms with van der Waals surface area (Å²) in [6, 6.07) is 11.6. The zero-order valence-electron chi connectivity index (χ0n) is 17.8. The monoisotopic (exact) mass is 544 g/mol. The molecule has 0 N–H and O–H groups in total. The van der Waals surface area contributed by atoms with Crippen molar-refractivity contribution in [1.29, 1.82) is 0 Å². The first-order valence-electron chi connectivity index (χ1n) is 10.0. The number of ketones is 1. The minimum Gasteiger partial charge on any atom is -0.435 e. The zero-order valence-corrected chi connectivity index (χ0v) is 19.4. The van der Waals surface area contributed by atoms with Gasteiger partial charge in [-0.15, -0.1) is 0 Å². The Bertz CT molecular complexity index is 1570. The number of ether oxygens (including phenoxy) is 1. The molecule has 1 aromatic heterocycles. The number of rotatable bonds is 7. The van der Waals surface area contributed by atoms with E-state index in [1.165, 1.54) is 36.5 Å². The molecule has 0 fully saturated rings. The third-order valence-electron chi connectivity index (χ3n) is 5.12. The fourth-order valence-corrected chi connectivity index (χ4v) is 5.15. The van der Waals surface area contributed by atoms with Gasteiger partial charge < -0.3 is 4.74 Å². The molecule has 0 aliphatic carbocycles. The van der Waals surface area contributed by atoms with Crippen LogP contribution in [0.4, 0.5) is 22.0 Å². The minimum absolute atomic E-state index is 0.0238. The molecule has 0 unspecified atom stereocenters. The third-order valence-corrected chi connectivity index (χ3v) is 7.03. The van der Waals surface area contributed by atoms with Crippen LogP contribution in [0.5, 0.6) is 5.75 Å². The summed E-state index contributed by atoms with van der Waals surface area (Å²) in [6.07, 6.45) is -4.09. The van der Waals surface area contributed by atoms with Gasteiger partial charge in [0.05, 0.1) is 27.2 Å². The highest BCUT2D eigenvalue weighted by Gasteiger charge is 2.36. The van der Waals surface area contributed by atoms with Gasteiger partial charge in [0, 0.05) is 23.4 Å². The van der Waals surface area contributed by atoms with Crippen LogP contribution in [0.15, 0.2) is 71.8 Å². The van der Waals surface area contributed by atoms with E-state index in [-0.39, 0.29) is 21.9 Å². The lowest BCUT2D eigenvalue weighted by molar-refractivity contribution is -0.137. The average Bonchev–Trinajstić information content (AvgIpc) is 3.22. The molecule has 0 amide bonds.